The van der Waals surface area contributed by atoms with Crippen molar-refractivity contribution in [3.63, 3.8) is 0 Å². The van der Waals surface area contributed by atoms with E-state index in [4.69, 9.17) is 9.63 Å². The largest absolute Gasteiger partial charge is 0.573 e. The first kappa shape index (κ1) is 23.5. The van der Waals surface area contributed by atoms with Gasteiger partial charge in [0, 0.05) is 23.9 Å². The molecule has 0 saturated heterocycles. The third-order valence-corrected chi connectivity index (χ3v) is 4.72. The maximum absolute atomic E-state index is 12.4. The monoisotopic (exact) mass is 483 g/mol. The first-order valence-corrected chi connectivity index (χ1v) is 10.1. The van der Waals surface area contributed by atoms with Crippen LogP contribution in [0.5, 0.6) is 5.75 Å². The summed E-state index contributed by atoms with van der Waals surface area (Å²) >= 11 is 0. The molecule has 0 bridgehead atoms. The van der Waals surface area contributed by atoms with Gasteiger partial charge in [-0.3, -0.25) is 4.79 Å². The summed E-state index contributed by atoms with van der Waals surface area (Å²) in [6, 6.07) is 14.9. The molecule has 2 aromatic carbocycles. The highest BCUT2D eigenvalue weighted by Gasteiger charge is 2.31. The van der Waals surface area contributed by atoms with Crippen LogP contribution in [0, 0.1) is 0 Å². The van der Waals surface area contributed by atoms with Crippen LogP contribution in [0.4, 0.5) is 13.2 Å². The molecule has 0 atom stereocenters. The number of carboxylic acids is 1. The molecule has 8 nitrogen and oxygen atoms in total. The second-order valence-corrected chi connectivity index (χ2v) is 7.30. The number of nitrogens with zero attached hydrogens (tertiary/aromatic N) is 3. The number of rotatable bonds is 7. The van der Waals surface area contributed by atoms with Crippen molar-refractivity contribution < 1.29 is 32.3 Å². The maximum Gasteiger partial charge on any atom is 0.573 e. The van der Waals surface area contributed by atoms with Gasteiger partial charge < -0.3 is 18.9 Å². The highest BCUT2D eigenvalue weighted by Crippen LogP contribution is 2.26. The molecule has 0 unspecified atom stereocenters. The topological polar surface area (TPSA) is 107 Å². The van der Waals surface area contributed by atoms with E-state index in [1.807, 2.05) is 0 Å². The molecule has 0 amide bonds. The summed E-state index contributed by atoms with van der Waals surface area (Å²) in [5, 5.41) is 12.6. The van der Waals surface area contributed by atoms with Gasteiger partial charge in [0.05, 0.1) is 12.1 Å². The molecule has 0 saturated carbocycles. The fourth-order valence-electron chi connectivity index (χ4n) is 3.20. The van der Waals surface area contributed by atoms with E-state index < -0.39 is 12.3 Å². The summed E-state index contributed by atoms with van der Waals surface area (Å²) in [5.41, 5.74) is 2.03. The van der Waals surface area contributed by atoms with Crippen LogP contribution in [0.15, 0.2) is 82.3 Å². The van der Waals surface area contributed by atoms with Crippen LogP contribution in [-0.4, -0.2) is 32.1 Å². The van der Waals surface area contributed by atoms with E-state index >= 15 is 0 Å². The summed E-state index contributed by atoms with van der Waals surface area (Å²) in [6.45, 7) is 0.211. The smallest absolute Gasteiger partial charge is 0.478 e. The fourth-order valence-corrected chi connectivity index (χ4v) is 3.20. The average Bonchev–Trinajstić information content (AvgIpc) is 3.29. The van der Waals surface area contributed by atoms with Gasteiger partial charge in [0.2, 0.25) is 5.82 Å². The van der Waals surface area contributed by atoms with Crippen molar-refractivity contribution in [2.24, 2.45) is 0 Å². The summed E-state index contributed by atoms with van der Waals surface area (Å²) in [5.74, 6) is -1.18. The zero-order valence-electron chi connectivity index (χ0n) is 17.8. The average molecular weight is 483 g/mol. The lowest BCUT2D eigenvalue weighted by atomic mass is 10.1. The van der Waals surface area contributed by atoms with Gasteiger partial charge in [-0.25, -0.2) is 4.79 Å². The summed E-state index contributed by atoms with van der Waals surface area (Å²) in [7, 11) is 0. The predicted octanol–water partition coefficient (Wildman–Crippen LogP) is 4.61. The van der Waals surface area contributed by atoms with Crippen molar-refractivity contribution in [2.75, 3.05) is 0 Å². The SMILES string of the molecule is O=C(O)/C=C/c1cccc(Cn2cc(-c3nc(-c4ccc(OC(F)(F)F)cc4)no3)ccc2=O)c1. The van der Waals surface area contributed by atoms with Gasteiger partial charge in [-0.05, 0) is 53.6 Å². The zero-order valence-corrected chi connectivity index (χ0v) is 17.8. The van der Waals surface area contributed by atoms with Crippen LogP contribution >= 0.6 is 0 Å². The zero-order chi connectivity index (χ0) is 25.0. The Kier molecular flexibility index (Phi) is 6.49. The van der Waals surface area contributed by atoms with Gasteiger partial charge in [-0.15, -0.1) is 13.2 Å². The number of hydrogen-bond acceptors (Lipinski definition) is 6. The van der Waals surface area contributed by atoms with Crippen LogP contribution in [0.3, 0.4) is 0 Å². The number of pyridine rings is 1. The molecule has 0 radical (unpaired) electrons. The molecule has 11 heteroatoms. The van der Waals surface area contributed by atoms with Crippen molar-refractivity contribution in [1.29, 1.82) is 0 Å². The molecule has 4 aromatic rings. The van der Waals surface area contributed by atoms with Gasteiger partial charge in [0.15, 0.2) is 0 Å². The third kappa shape index (κ3) is 6.22. The Morgan fingerprint density at radius 2 is 1.83 bits per heavy atom. The Morgan fingerprint density at radius 1 is 1.09 bits per heavy atom. The van der Waals surface area contributed by atoms with Gasteiger partial charge in [-0.1, -0.05) is 23.4 Å². The Balaban J connectivity index is 1.54. The van der Waals surface area contributed by atoms with E-state index in [9.17, 15) is 22.8 Å². The van der Waals surface area contributed by atoms with Crippen molar-refractivity contribution in [3.05, 3.63) is 94.4 Å². The maximum atomic E-state index is 12.4. The number of alkyl halides is 3. The van der Waals surface area contributed by atoms with Crippen LogP contribution < -0.4 is 10.3 Å². The number of aliphatic carboxylic acids is 1. The Hall–Kier alpha value is -4.67. The van der Waals surface area contributed by atoms with Crippen LogP contribution in [0.2, 0.25) is 0 Å². The van der Waals surface area contributed by atoms with E-state index in [1.54, 1.807) is 30.5 Å². The second-order valence-electron chi connectivity index (χ2n) is 7.30. The molecule has 2 heterocycles. The molecule has 0 spiro atoms. The molecular weight excluding hydrogens is 467 g/mol. The van der Waals surface area contributed by atoms with Gasteiger partial charge >= 0.3 is 12.3 Å². The van der Waals surface area contributed by atoms with E-state index in [2.05, 4.69) is 14.9 Å². The molecule has 2 aromatic heterocycles. The van der Waals surface area contributed by atoms with Crippen molar-refractivity contribution in [2.45, 2.75) is 12.9 Å². The van der Waals surface area contributed by atoms with Gasteiger partial charge in [-0.2, -0.15) is 4.98 Å². The number of aromatic nitrogens is 3. The highest BCUT2D eigenvalue weighted by molar-refractivity contribution is 5.85. The second kappa shape index (κ2) is 9.67. The Labute approximate surface area is 195 Å². The van der Waals surface area contributed by atoms with Gasteiger partial charge in [0.25, 0.3) is 11.4 Å². The fraction of sp³-hybridized carbons (Fsp3) is 0.0833. The summed E-state index contributed by atoms with van der Waals surface area (Å²) < 4.78 is 47.5. The standard InChI is InChI=1S/C24H16F3N3O5/c25-24(26,27)34-19-8-5-17(6-9-19)22-28-23(35-29-22)18-7-10-20(31)30(14-18)13-16-3-1-2-15(12-16)4-11-21(32)33/h1-12,14H,13H2,(H,32,33)/b11-4+. The minimum atomic E-state index is -4.79. The van der Waals surface area contributed by atoms with Crippen molar-refractivity contribution in [3.8, 4) is 28.6 Å². The third-order valence-electron chi connectivity index (χ3n) is 4.72. The number of benzene rings is 2. The molecule has 35 heavy (non-hydrogen) atoms. The van der Waals surface area contributed by atoms with E-state index in [-0.39, 0.29) is 29.6 Å². The Bertz CT molecular complexity index is 1440. The minimum absolute atomic E-state index is 0.113. The molecule has 4 rings (SSSR count). The van der Waals surface area contributed by atoms with Gasteiger partial charge in [0.1, 0.15) is 5.75 Å². The molecule has 0 aliphatic carbocycles. The molecule has 0 aliphatic rings. The number of hydrogen-bond donors (Lipinski definition) is 1. The van der Waals surface area contributed by atoms with Crippen LogP contribution in [0.25, 0.3) is 28.9 Å². The summed E-state index contributed by atoms with van der Waals surface area (Å²) in [4.78, 5) is 27.4. The number of ether oxygens (including phenoxy) is 1. The molecule has 1 N–H and O–H groups in total. The lowest BCUT2D eigenvalue weighted by Crippen LogP contribution is -2.19. The summed E-state index contributed by atoms with van der Waals surface area (Å²) in [6.07, 6.45) is -0.775. The lowest BCUT2D eigenvalue weighted by Gasteiger charge is -2.08. The van der Waals surface area contributed by atoms with Crippen molar-refractivity contribution in [1.82, 2.24) is 14.7 Å². The number of carbonyl (C=O) groups is 1. The number of halogens is 3. The first-order valence-electron chi connectivity index (χ1n) is 10.1. The van der Waals surface area contributed by atoms with Crippen LogP contribution in [-0.2, 0) is 11.3 Å². The molecule has 0 fully saturated rings. The lowest BCUT2D eigenvalue weighted by molar-refractivity contribution is -0.274. The highest BCUT2D eigenvalue weighted by atomic mass is 19.4. The minimum Gasteiger partial charge on any atom is -0.478 e. The quantitative estimate of drug-likeness (QED) is 0.383. The van der Waals surface area contributed by atoms with E-state index in [0.29, 0.717) is 16.7 Å². The van der Waals surface area contributed by atoms with Crippen LogP contribution in [0.1, 0.15) is 11.1 Å². The number of carboxylic acid groups (broad SMARTS) is 1. The molecular formula is C24H16F3N3O5. The first-order chi connectivity index (χ1) is 16.7. The van der Waals surface area contributed by atoms with E-state index in [1.165, 1.54) is 34.9 Å². The normalized spacial score (nSPS) is 11.6. The predicted molar refractivity (Wildman–Crippen MR) is 118 cm³/mol. The van der Waals surface area contributed by atoms with Crippen molar-refractivity contribution >= 4 is 12.0 Å². The molecule has 178 valence electrons. The molecule has 0 aliphatic heterocycles. The van der Waals surface area contributed by atoms with E-state index in [0.717, 1.165) is 23.8 Å². The Morgan fingerprint density at radius 3 is 2.54 bits per heavy atom.